The predicted molar refractivity (Wildman–Crippen MR) is 82.1 cm³/mol. The van der Waals surface area contributed by atoms with Gasteiger partial charge >= 0.3 is 5.97 Å². The molecule has 3 aliphatic heterocycles. The molecule has 3 fully saturated rings. The van der Waals surface area contributed by atoms with Gasteiger partial charge in [-0.25, -0.2) is 0 Å². The van der Waals surface area contributed by atoms with E-state index in [9.17, 15) is 4.79 Å². The van der Waals surface area contributed by atoms with Crippen LogP contribution in [0.1, 0.15) is 24.8 Å². The maximum absolute atomic E-state index is 10.8. The van der Waals surface area contributed by atoms with Gasteiger partial charge in [-0.05, 0) is 24.3 Å². The van der Waals surface area contributed by atoms with E-state index in [4.69, 9.17) is 5.11 Å². The van der Waals surface area contributed by atoms with E-state index in [1.807, 2.05) is 0 Å². The van der Waals surface area contributed by atoms with Crippen LogP contribution in [-0.4, -0.2) is 53.1 Å². The van der Waals surface area contributed by atoms with Crippen LogP contribution in [0, 0.1) is 5.92 Å². The molecule has 2 atom stereocenters. The minimum Gasteiger partial charge on any atom is -0.481 e. The Labute approximate surface area is 126 Å². The third-order valence-electron chi connectivity index (χ3n) is 4.77. The molecule has 1 N–H and O–H groups in total. The lowest BCUT2D eigenvalue weighted by molar-refractivity contribution is -0.137. The van der Waals surface area contributed by atoms with Crippen molar-refractivity contribution < 1.29 is 9.90 Å². The summed E-state index contributed by atoms with van der Waals surface area (Å²) < 4.78 is 0. The van der Waals surface area contributed by atoms with Gasteiger partial charge in [0.1, 0.15) is 0 Å². The van der Waals surface area contributed by atoms with Gasteiger partial charge in [0, 0.05) is 38.8 Å². The van der Waals surface area contributed by atoms with Crippen molar-refractivity contribution >= 4 is 5.97 Å². The number of nitrogens with zero attached hydrogens (tertiary/aromatic N) is 2. The zero-order valence-corrected chi connectivity index (χ0v) is 12.4. The van der Waals surface area contributed by atoms with Gasteiger partial charge in [0.15, 0.2) is 0 Å². The number of hydrogen-bond donors (Lipinski definition) is 1. The molecule has 4 nitrogen and oxygen atoms in total. The van der Waals surface area contributed by atoms with Crippen LogP contribution in [0.15, 0.2) is 30.3 Å². The van der Waals surface area contributed by atoms with E-state index in [2.05, 4.69) is 40.1 Å². The molecule has 4 rings (SSSR count). The van der Waals surface area contributed by atoms with Crippen LogP contribution >= 0.6 is 0 Å². The SMILES string of the molecule is O=C(O)CCN1C[C@@H]2CC[C@H](C1)N(Cc1ccccc1)C2. The molecule has 0 amide bonds. The number of carboxylic acids is 1. The molecular weight excluding hydrogens is 264 g/mol. The highest BCUT2D eigenvalue weighted by atomic mass is 16.4. The predicted octanol–water partition coefficient (Wildman–Crippen LogP) is 2.06. The zero-order valence-electron chi connectivity index (χ0n) is 12.4. The monoisotopic (exact) mass is 288 g/mol. The van der Waals surface area contributed by atoms with Crippen molar-refractivity contribution in [1.29, 1.82) is 0 Å². The molecule has 3 aliphatic rings. The van der Waals surface area contributed by atoms with Gasteiger partial charge in [-0.1, -0.05) is 30.3 Å². The van der Waals surface area contributed by atoms with Crippen molar-refractivity contribution in [2.45, 2.75) is 31.8 Å². The van der Waals surface area contributed by atoms with Gasteiger partial charge in [-0.15, -0.1) is 0 Å². The molecule has 114 valence electrons. The molecule has 0 aliphatic carbocycles. The van der Waals surface area contributed by atoms with Crippen molar-refractivity contribution in [2.75, 3.05) is 26.2 Å². The fourth-order valence-corrected chi connectivity index (χ4v) is 3.72. The quantitative estimate of drug-likeness (QED) is 0.900. The van der Waals surface area contributed by atoms with Crippen LogP contribution in [0.25, 0.3) is 0 Å². The largest absolute Gasteiger partial charge is 0.481 e. The minimum absolute atomic E-state index is 0.262. The highest BCUT2D eigenvalue weighted by Crippen LogP contribution is 2.29. The molecule has 1 aromatic rings. The molecule has 0 saturated carbocycles. The van der Waals surface area contributed by atoms with Crippen molar-refractivity contribution in [3.8, 4) is 0 Å². The number of rotatable bonds is 5. The van der Waals surface area contributed by atoms with Crippen molar-refractivity contribution in [3.05, 3.63) is 35.9 Å². The van der Waals surface area contributed by atoms with Gasteiger partial charge in [-0.2, -0.15) is 0 Å². The number of carboxylic acid groups (broad SMARTS) is 1. The lowest BCUT2D eigenvalue weighted by Gasteiger charge is -2.36. The lowest BCUT2D eigenvalue weighted by atomic mass is 9.94. The molecule has 0 radical (unpaired) electrons. The Hall–Kier alpha value is -1.39. The molecule has 21 heavy (non-hydrogen) atoms. The molecule has 1 aromatic carbocycles. The smallest absolute Gasteiger partial charge is 0.304 e. The Bertz CT molecular complexity index is 477. The highest BCUT2D eigenvalue weighted by Gasteiger charge is 2.34. The lowest BCUT2D eigenvalue weighted by Crippen LogP contribution is -2.43. The second kappa shape index (κ2) is 6.58. The summed E-state index contributed by atoms with van der Waals surface area (Å²) in [5.74, 6) is 0.00833. The number of benzene rings is 1. The average molecular weight is 288 g/mol. The van der Waals surface area contributed by atoms with Gasteiger partial charge in [0.2, 0.25) is 0 Å². The first-order valence-electron chi connectivity index (χ1n) is 7.93. The van der Waals surface area contributed by atoms with Crippen LogP contribution in [0.5, 0.6) is 0 Å². The Kier molecular flexibility index (Phi) is 4.56. The van der Waals surface area contributed by atoms with Crippen LogP contribution < -0.4 is 0 Å². The topological polar surface area (TPSA) is 43.8 Å². The van der Waals surface area contributed by atoms with E-state index in [-0.39, 0.29) is 6.42 Å². The summed E-state index contributed by atoms with van der Waals surface area (Å²) >= 11 is 0. The van der Waals surface area contributed by atoms with Crippen molar-refractivity contribution in [1.82, 2.24) is 9.80 Å². The second-order valence-electron chi connectivity index (χ2n) is 6.42. The Morgan fingerprint density at radius 1 is 1.14 bits per heavy atom. The van der Waals surface area contributed by atoms with E-state index < -0.39 is 5.97 Å². The Morgan fingerprint density at radius 3 is 2.71 bits per heavy atom. The summed E-state index contributed by atoms with van der Waals surface area (Å²) in [6.07, 6.45) is 2.80. The van der Waals surface area contributed by atoms with Gasteiger partial charge in [-0.3, -0.25) is 9.69 Å². The first kappa shape index (κ1) is 14.5. The van der Waals surface area contributed by atoms with E-state index >= 15 is 0 Å². The minimum atomic E-state index is -0.687. The van der Waals surface area contributed by atoms with Crippen LogP contribution in [-0.2, 0) is 11.3 Å². The molecule has 3 saturated heterocycles. The fourth-order valence-electron chi connectivity index (χ4n) is 3.72. The van der Waals surface area contributed by atoms with Gasteiger partial charge < -0.3 is 10.0 Å². The van der Waals surface area contributed by atoms with Crippen molar-refractivity contribution in [3.63, 3.8) is 0 Å². The number of carbonyl (C=O) groups is 1. The van der Waals surface area contributed by atoms with Crippen LogP contribution in [0.2, 0.25) is 0 Å². The molecule has 0 aromatic heterocycles. The molecule has 0 unspecified atom stereocenters. The third-order valence-corrected chi connectivity index (χ3v) is 4.77. The standard InChI is InChI=1S/C17H24N2O2/c20-17(21)8-9-18-10-15-6-7-16(13-18)19(12-15)11-14-4-2-1-3-5-14/h1-5,15-16H,6-13H2,(H,20,21)/t15-,16+/m0/s1. The molecule has 2 bridgehead atoms. The Morgan fingerprint density at radius 2 is 1.95 bits per heavy atom. The van der Waals surface area contributed by atoms with Crippen LogP contribution in [0.3, 0.4) is 0 Å². The van der Waals surface area contributed by atoms with E-state index in [1.165, 1.54) is 18.4 Å². The molecule has 4 heteroatoms. The average Bonchev–Trinajstić information content (AvgIpc) is 2.77. The first-order valence-corrected chi connectivity index (χ1v) is 7.93. The Balaban J connectivity index is 1.62. The summed E-state index contributed by atoms with van der Waals surface area (Å²) in [6, 6.07) is 11.2. The van der Waals surface area contributed by atoms with E-state index in [0.717, 1.165) is 26.2 Å². The summed E-state index contributed by atoms with van der Waals surface area (Å²) in [7, 11) is 0. The number of fused-ring (bicyclic) bond motifs is 4. The molecular formula is C17H24N2O2. The summed E-state index contributed by atoms with van der Waals surface area (Å²) in [5.41, 5.74) is 1.38. The van der Waals surface area contributed by atoms with Crippen LogP contribution in [0.4, 0.5) is 0 Å². The maximum Gasteiger partial charge on any atom is 0.304 e. The first-order chi connectivity index (χ1) is 10.2. The molecule has 0 spiro atoms. The summed E-state index contributed by atoms with van der Waals surface area (Å²) in [5, 5.41) is 8.87. The highest BCUT2D eigenvalue weighted by molar-refractivity contribution is 5.66. The number of hydrogen-bond acceptors (Lipinski definition) is 3. The zero-order chi connectivity index (χ0) is 14.7. The number of piperidine rings is 1. The van der Waals surface area contributed by atoms with Crippen molar-refractivity contribution in [2.24, 2.45) is 5.92 Å². The fraction of sp³-hybridized carbons (Fsp3) is 0.588. The van der Waals surface area contributed by atoms with E-state index in [0.29, 0.717) is 18.5 Å². The normalized spacial score (nSPS) is 26.7. The summed E-state index contributed by atoms with van der Waals surface area (Å²) in [6.45, 7) is 4.96. The number of aliphatic carboxylic acids is 1. The van der Waals surface area contributed by atoms with E-state index in [1.54, 1.807) is 0 Å². The van der Waals surface area contributed by atoms with Gasteiger partial charge in [0.05, 0.1) is 6.42 Å². The third kappa shape index (κ3) is 3.83. The second-order valence-corrected chi connectivity index (χ2v) is 6.42. The molecule has 3 heterocycles. The maximum atomic E-state index is 10.8. The summed E-state index contributed by atoms with van der Waals surface area (Å²) in [4.78, 5) is 15.7. The van der Waals surface area contributed by atoms with Gasteiger partial charge in [0.25, 0.3) is 0 Å².